The third-order valence-corrected chi connectivity index (χ3v) is 4.51. The zero-order valence-corrected chi connectivity index (χ0v) is 12.5. The van der Waals surface area contributed by atoms with E-state index < -0.39 is 0 Å². The van der Waals surface area contributed by atoms with Gasteiger partial charge in [0.2, 0.25) is 0 Å². The van der Waals surface area contributed by atoms with Crippen LogP contribution >= 0.6 is 15.9 Å². The third-order valence-electron chi connectivity index (χ3n) is 3.88. The number of benzene rings is 1. The van der Waals surface area contributed by atoms with Crippen LogP contribution in [0.1, 0.15) is 31.9 Å². The lowest BCUT2D eigenvalue weighted by molar-refractivity contribution is 0.244. The Kier molecular flexibility index (Phi) is 4.30. The summed E-state index contributed by atoms with van der Waals surface area (Å²) in [6, 6.07) is 6.52. The maximum Gasteiger partial charge on any atom is 0.0637 e. The predicted molar refractivity (Wildman–Crippen MR) is 78.7 cm³/mol. The molecule has 0 spiro atoms. The van der Waals surface area contributed by atoms with Crippen LogP contribution in [0.2, 0.25) is 0 Å². The summed E-state index contributed by atoms with van der Waals surface area (Å²) in [6.07, 6.45) is 1.13. The second-order valence-corrected chi connectivity index (χ2v) is 6.06. The Balaban J connectivity index is 2.28. The molecule has 100 valence electrons. The van der Waals surface area contributed by atoms with E-state index in [1.807, 2.05) is 6.92 Å². The number of hydrogen-bond acceptors (Lipinski definition) is 3. The molecule has 0 radical (unpaired) electrons. The standard InChI is InChI=1S/C14H21BrN2O/c1-9-5-6-17(14(9)8-18)13-4-3-11(10(2)16)7-12(13)15/h3-4,7,9-10,14,18H,5-6,8,16H2,1-2H3/t9?,10-,14?/m0/s1. The summed E-state index contributed by atoms with van der Waals surface area (Å²) in [5.41, 5.74) is 8.17. The number of nitrogens with two attached hydrogens (primary N) is 1. The predicted octanol–water partition coefficient (Wildman–Crippen LogP) is 2.68. The first-order valence-electron chi connectivity index (χ1n) is 6.47. The van der Waals surface area contributed by atoms with Gasteiger partial charge < -0.3 is 15.7 Å². The van der Waals surface area contributed by atoms with E-state index in [4.69, 9.17) is 5.73 Å². The highest BCUT2D eigenvalue weighted by molar-refractivity contribution is 9.10. The SMILES string of the molecule is CC1CCN(c2ccc([C@H](C)N)cc2Br)C1CO. The third kappa shape index (κ3) is 2.56. The number of nitrogens with zero attached hydrogens (tertiary/aromatic N) is 1. The number of anilines is 1. The highest BCUT2D eigenvalue weighted by atomic mass is 79.9. The molecular weight excluding hydrogens is 292 g/mol. The van der Waals surface area contributed by atoms with Crippen LogP contribution in [-0.4, -0.2) is 24.3 Å². The molecule has 3 nitrogen and oxygen atoms in total. The zero-order valence-electron chi connectivity index (χ0n) is 10.9. The normalized spacial score (nSPS) is 25.5. The molecule has 0 bridgehead atoms. The fourth-order valence-corrected chi connectivity index (χ4v) is 3.25. The highest BCUT2D eigenvalue weighted by Gasteiger charge is 2.31. The minimum Gasteiger partial charge on any atom is -0.394 e. The van der Waals surface area contributed by atoms with E-state index >= 15 is 0 Å². The van der Waals surface area contributed by atoms with E-state index in [9.17, 15) is 5.11 Å². The lowest BCUT2D eigenvalue weighted by Gasteiger charge is -2.28. The van der Waals surface area contributed by atoms with Gasteiger partial charge in [0.25, 0.3) is 0 Å². The molecule has 0 aliphatic carbocycles. The van der Waals surface area contributed by atoms with Crippen molar-refractivity contribution in [3.8, 4) is 0 Å². The Labute approximate surface area is 117 Å². The Morgan fingerprint density at radius 2 is 2.28 bits per heavy atom. The van der Waals surface area contributed by atoms with Crippen molar-refractivity contribution in [3.05, 3.63) is 28.2 Å². The lowest BCUT2D eigenvalue weighted by Crippen LogP contribution is -2.35. The van der Waals surface area contributed by atoms with Crippen molar-refractivity contribution < 1.29 is 5.11 Å². The van der Waals surface area contributed by atoms with Crippen molar-refractivity contribution in [2.75, 3.05) is 18.1 Å². The van der Waals surface area contributed by atoms with Gasteiger partial charge in [-0.2, -0.15) is 0 Å². The number of aliphatic hydroxyl groups excluding tert-OH is 1. The van der Waals surface area contributed by atoms with E-state index in [0.717, 1.165) is 28.7 Å². The quantitative estimate of drug-likeness (QED) is 0.902. The van der Waals surface area contributed by atoms with Crippen LogP contribution in [0.5, 0.6) is 0 Å². The maximum atomic E-state index is 9.52. The maximum absolute atomic E-state index is 9.52. The van der Waals surface area contributed by atoms with Gasteiger partial charge in [-0.1, -0.05) is 13.0 Å². The summed E-state index contributed by atoms with van der Waals surface area (Å²) >= 11 is 3.62. The minimum absolute atomic E-state index is 0.0430. The second kappa shape index (κ2) is 5.59. The summed E-state index contributed by atoms with van der Waals surface area (Å²) in [6.45, 7) is 5.40. The van der Waals surface area contributed by atoms with Crippen molar-refractivity contribution in [2.24, 2.45) is 11.7 Å². The molecule has 18 heavy (non-hydrogen) atoms. The smallest absolute Gasteiger partial charge is 0.0637 e. The van der Waals surface area contributed by atoms with Gasteiger partial charge in [0.05, 0.1) is 18.3 Å². The van der Waals surface area contributed by atoms with Crippen LogP contribution in [0.4, 0.5) is 5.69 Å². The Morgan fingerprint density at radius 3 is 2.83 bits per heavy atom. The van der Waals surface area contributed by atoms with Gasteiger partial charge in [-0.05, 0) is 52.9 Å². The molecule has 2 rings (SSSR count). The Hall–Kier alpha value is -0.580. The highest BCUT2D eigenvalue weighted by Crippen LogP contribution is 2.35. The summed E-state index contributed by atoms with van der Waals surface area (Å²) in [7, 11) is 0. The van der Waals surface area contributed by atoms with Crippen LogP contribution in [-0.2, 0) is 0 Å². The van der Waals surface area contributed by atoms with E-state index in [1.165, 1.54) is 0 Å². The largest absolute Gasteiger partial charge is 0.394 e. The molecule has 1 aromatic carbocycles. The summed E-state index contributed by atoms with van der Waals surface area (Å²) < 4.78 is 1.06. The number of aliphatic hydroxyl groups is 1. The van der Waals surface area contributed by atoms with Crippen LogP contribution in [0.3, 0.4) is 0 Å². The molecule has 1 fully saturated rings. The van der Waals surface area contributed by atoms with E-state index in [0.29, 0.717) is 5.92 Å². The molecule has 1 aromatic rings. The van der Waals surface area contributed by atoms with Crippen molar-refractivity contribution >= 4 is 21.6 Å². The Bertz CT molecular complexity index is 422. The summed E-state index contributed by atoms with van der Waals surface area (Å²) in [4.78, 5) is 2.29. The molecule has 1 heterocycles. The van der Waals surface area contributed by atoms with E-state index in [-0.39, 0.29) is 18.7 Å². The Morgan fingerprint density at radius 1 is 1.56 bits per heavy atom. The summed E-state index contributed by atoms with van der Waals surface area (Å²) in [5, 5.41) is 9.52. The number of rotatable bonds is 3. The first-order chi connectivity index (χ1) is 8.54. The molecule has 0 aromatic heterocycles. The topological polar surface area (TPSA) is 49.5 Å². The van der Waals surface area contributed by atoms with Gasteiger partial charge in [0.15, 0.2) is 0 Å². The molecule has 4 heteroatoms. The second-order valence-electron chi connectivity index (χ2n) is 5.21. The van der Waals surface area contributed by atoms with Gasteiger partial charge in [-0.3, -0.25) is 0 Å². The molecule has 3 N–H and O–H groups in total. The molecule has 0 amide bonds. The fraction of sp³-hybridized carbons (Fsp3) is 0.571. The van der Waals surface area contributed by atoms with Crippen LogP contribution < -0.4 is 10.6 Å². The molecular formula is C14H21BrN2O. The van der Waals surface area contributed by atoms with E-state index in [1.54, 1.807) is 0 Å². The molecule has 3 atom stereocenters. The number of hydrogen-bond donors (Lipinski definition) is 2. The summed E-state index contributed by atoms with van der Waals surface area (Å²) in [5.74, 6) is 0.537. The fourth-order valence-electron chi connectivity index (χ4n) is 2.63. The average molecular weight is 313 g/mol. The van der Waals surface area contributed by atoms with Gasteiger partial charge >= 0.3 is 0 Å². The lowest BCUT2D eigenvalue weighted by atomic mass is 10.0. The van der Waals surface area contributed by atoms with Crippen LogP contribution in [0.15, 0.2) is 22.7 Å². The average Bonchev–Trinajstić information content (AvgIpc) is 2.70. The van der Waals surface area contributed by atoms with Gasteiger partial charge in [-0.15, -0.1) is 0 Å². The van der Waals surface area contributed by atoms with Gasteiger partial charge in [-0.25, -0.2) is 0 Å². The van der Waals surface area contributed by atoms with Crippen molar-refractivity contribution in [1.29, 1.82) is 0 Å². The van der Waals surface area contributed by atoms with Crippen molar-refractivity contribution in [2.45, 2.75) is 32.4 Å². The molecule has 0 saturated carbocycles. The first kappa shape index (κ1) is 13.8. The van der Waals surface area contributed by atoms with Crippen molar-refractivity contribution in [3.63, 3.8) is 0 Å². The molecule has 1 aliphatic heterocycles. The van der Waals surface area contributed by atoms with Crippen LogP contribution in [0, 0.1) is 5.92 Å². The van der Waals surface area contributed by atoms with E-state index in [2.05, 4.69) is 46.0 Å². The number of halogens is 1. The molecule has 1 saturated heterocycles. The van der Waals surface area contributed by atoms with Gasteiger partial charge in [0.1, 0.15) is 0 Å². The minimum atomic E-state index is 0.0430. The molecule has 1 aliphatic rings. The van der Waals surface area contributed by atoms with Crippen molar-refractivity contribution in [1.82, 2.24) is 0 Å². The zero-order chi connectivity index (χ0) is 13.3. The monoisotopic (exact) mass is 312 g/mol. The molecule has 2 unspecified atom stereocenters. The first-order valence-corrected chi connectivity index (χ1v) is 7.26. The van der Waals surface area contributed by atoms with Crippen LogP contribution in [0.25, 0.3) is 0 Å². The van der Waals surface area contributed by atoms with Gasteiger partial charge in [0, 0.05) is 17.1 Å².